The number of ether oxygens (including phenoxy) is 1. The molecule has 164 valence electrons. The van der Waals surface area contributed by atoms with Gasteiger partial charge in [-0.05, 0) is 12.5 Å². The van der Waals surface area contributed by atoms with E-state index in [0.29, 0.717) is 29.9 Å². The average Bonchev–Trinajstić information content (AvgIpc) is 2.92. The number of aryl methyl sites for hydroxylation is 1. The van der Waals surface area contributed by atoms with E-state index < -0.39 is 35.8 Å². The third kappa shape index (κ3) is 4.90. The molecule has 2 atom stereocenters. The molecule has 30 heavy (non-hydrogen) atoms. The van der Waals surface area contributed by atoms with Crippen molar-refractivity contribution in [3.63, 3.8) is 0 Å². The van der Waals surface area contributed by atoms with E-state index in [4.69, 9.17) is 4.74 Å². The highest BCUT2D eigenvalue weighted by Crippen LogP contribution is 2.37. The molecule has 5 nitrogen and oxygen atoms in total. The molecule has 0 N–H and O–H groups in total. The molecule has 2 unspecified atom stereocenters. The lowest BCUT2D eigenvalue weighted by Gasteiger charge is -2.41. The predicted octanol–water partition coefficient (Wildman–Crippen LogP) is 3.30. The van der Waals surface area contributed by atoms with Gasteiger partial charge in [-0.2, -0.15) is 13.2 Å². The number of hydrogen-bond acceptors (Lipinski definition) is 4. The van der Waals surface area contributed by atoms with Crippen LogP contribution in [0.5, 0.6) is 0 Å². The van der Waals surface area contributed by atoms with Crippen LogP contribution >= 0.6 is 0 Å². The fourth-order valence-corrected chi connectivity index (χ4v) is 5.52. The molecule has 2 aliphatic heterocycles. The summed E-state index contributed by atoms with van der Waals surface area (Å²) in [5.41, 5.74) is 1.27. The van der Waals surface area contributed by atoms with Gasteiger partial charge in [0.15, 0.2) is 18.4 Å². The molecule has 1 aromatic carbocycles. The lowest BCUT2D eigenvalue weighted by molar-refractivity contribution is -0.897. The molecule has 1 aromatic rings. The first-order valence-corrected chi connectivity index (χ1v) is 11.3. The van der Waals surface area contributed by atoms with E-state index in [2.05, 4.69) is 0 Å². The van der Waals surface area contributed by atoms with Crippen LogP contribution in [-0.4, -0.2) is 64.0 Å². The maximum atomic E-state index is 13.0. The number of halogens is 3. The molecule has 2 aliphatic rings. The van der Waals surface area contributed by atoms with Crippen molar-refractivity contribution in [1.29, 1.82) is 0 Å². The summed E-state index contributed by atoms with van der Waals surface area (Å²) in [5.74, 6) is -0.227. The Kier molecular flexibility index (Phi) is 6.64. The Bertz CT molecular complexity index is 849. The molecule has 0 saturated carbocycles. The van der Waals surface area contributed by atoms with Gasteiger partial charge in [0.1, 0.15) is 23.7 Å². The number of alkyl halides is 3. The monoisotopic (exact) mass is 444 g/mol. The number of Topliss-reactive ketones (excluding diaryl/α,β-unsaturated/α-hetero) is 2. The van der Waals surface area contributed by atoms with Gasteiger partial charge in [0.25, 0.3) is 5.78 Å². The van der Waals surface area contributed by atoms with Gasteiger partial charge in [-0.15, -0.1) is 0 Å². The Hall–Kier alpha value is -1.84. The van der Waals surface area contributed by atoms with Crippen molar-refractivity contribution in [2.75, 3.05) is 25.2 Å². The van der Waals surface area contributed by atoms with Crippen molar-refractivity contribution in [2.24, 2.45) is 0 Å². The first-order valence-electron chi connectivity index (χ1n) is 9.77. The SMILES string of the molecule is Cc1ccccc1C(=O)CC1C(=O)C(OCC(F)(F)F)=C[N+]1(C)C1CC[S+]([O-])CC1. The van der Waals surface area contributed by atoms with Crippen molar-refractivity contribution >= 4 is 22.7 Å². The van der Waals surface area contributed by atoms with E-state index in [1.54, 1.807) is 38.2 Å². The van der Waals surface area contributed by atoms with E-state index in [0.717, 1.165) is 5.56 Å². The first-order chi connectivity index (χ1) is 14.0. The Morgan fingerprint density at radius 1 is 1.27 bits per heavy atom. The second kappa shape index (κ2) is 8.72. The van der Waals surface area contributed by atoms with Crippen LogP contribution in [-0.2, 0) is 20.7 Å². The number of carbonyl (C=O) groups is 2. The van der Waals surface area contributed by atoms with Gasteiger partial charge in [0, 0.05) is 18.4 Å². The fraction of sp³-hybridized carbons (Fsp3) is 0.524. The van der Waals surface area contributed by atoms with E-state index in [1.165, 1.54) is 6.20 Å². The Morgan fingerprint density at radius 3 is 2.50 bits per heavy atom. The smallest absolute Gasteiger partial charge is 0.422 e. The molecule has 2 heterocycles. The van der Waals surface area contributed by atoms with Crippen LogP contribution in [0.25, 0.3) is 0 Å². The summed E-state index contributed by atoms with van der Waals surface area (Å²) >= 11 is -0.929. The molecule has 9 heteroatoms. The molecule has 0 aromatic heterocycles. The number of nitrogens with zero attached hydrogens (tertiary/aromatic N) is 1. The third-order valence-electron chi connectivity index (χ3n) is 5.97. The fourth-order valence-electron chi connectivity index (χ4n) is 4.25. The predicted molar refractivity (Wildman–Crippen MR) is 106 cm³/mol. The van der Waals surface area contributed by atoms with E-state index in [9.17, 15) is 27.3 Å². The van der Waals surface area contributed by atoms with Gasteiger partial charge in [0.2, 0.25) is 5.76 Å². The number of carbonyl (C=O) groups excluding carboxylic acids is 2. The minimum atomic E-state index is -4.57. The molecule has 0 amide bonds. The molecule has 3 rings (SSSR count). The number of rotatable bonds is 6. The number of ketones is 2. The summed E-state index contributed by atoms with van der Waals surface area (Å²) in [6.07, 6.45) is -2.15. The molecule has 1 saturated heterocycles. The highest BCUT2D eigenvalue weighted by molar-refractivity contribution is 7.91. The first kappa shape index (κ1) is 22.8. The quantitative estimate of drug-likeness (QED) is 0.384. The molecule has 0 spiro atoms. The number of benzene rings is 1. The van der Waals surface area contributed by atoms with Crippen LogP contribution in [0.1, 0.15) is 35.2 Å². The zero-order chi connectivity index (χ0) is 22.1. The Morgan fingerprint density at radius 2 is 1.90 bits per heavy atom. The average molecular weight is 444 g/mol. The van der Waals surface area contributed by atoms with Crippen molar-refractivity contribution in [3.05, 3.63) is 47.4 Å². The number of hydrogen-bond donors (Lipinski definition) is 0. The second-order valence-corrected chi connectivity index (χ2v) is 9.72. The Labute approximate surface area is 176 Å². The summed E-state index contributed by atoms with van der Waals surface area (Å²) in [6.45, 7) is 0.238. The number of likely N-dealkylation sites (N-methyl/N-ethyl adjacent to an activating group) is 1. The lowest BCUT2D eigenvalue weighted by atomic mass is 9.95. The molecule has 0 radical (unpaired) electrons. The summed E-state index contributed by atoms with van der Waals surface area (Å²) < 4.78 is 54.5. The normalized spacial score (nSPS) is 29.6. The van der Waals surface area contributed by atoms with Crippen LogP contribution in [0.2, 0.25) is 0 Å². The van der Waals surface area contributed by atoms with Crippen LogP contribution in [0.15, 0.2) is 36.2 Å². The topological polar surface area (TPSA) is 66.4 Å². The van der Waals surface area contributed by atoms with Crippen LogP contribution in [0, 0.1) is 6.92 Å². The van der Waals surface area contributed by atoms with Crippen LogP contribution in [0.4, 0.5) is 13.2 Å². The standard InChI is InChI=1S/C21H25F3NO4S/c1-14-5-3-4-6-16(14)18(26)11-17-20(27)19(29-13-21(22,23)24)12-25(17,2)15-7-9-30(28)10-8-15/h3-6,12,15,17H,7-11,13H2,1-2H3/q+1. The molecule has 0 bridgehead atoms. The lowest BCUT2D eigenvalue weighted by Crippen LogP contribution is -2.57. The highest BCUT2D eigenvalue weighted by Gasteiger charge is 2.53. The molecule has 0 aliphatic carbocycles. The third-order valence-corrected chi connectivity index (χ3v) is 7.35. The van der Waals surface area contributed by atoms with Gasteiger partial charge in [-0.3, -0.25) is 14.1 Å². The summed E-state index contributed by atoms with van der Waals surface area (Å²) in [6, 6.07) is 6.03. The molecule has 1 fully saturated rings. The van der Waals surface area contributed by atoms with Crippen molar-refractivity contribution in [3.8, 4) is 0 Å². The summed E-state index contributed by atoms with van der Waals surface area (Å²) in [7, 11) is 1.75. The maximum absolute atomic E-state index is 13.0. The minimum absolute atomic E-state index is 0.000838. The van der Waals surface area contributed by atoms with Crippen LogP contribution < -0.4 is 0 Å². The van der Waals surface area contributed by atoms with Crippen LogP contribution in [0.3, 0.4) is 0 Å². The minimum Gasteiger partial charge on any atom is -0.616 e. The van der Waals surface area contributed by atoms with Gasteiger partial charge in [-0.1, -0.05) is 35.4 Å². The highest BCUT2D eigenvalue weighted by atomic mass is 32.2. The van der Waals surface area contributed by atoms with Gasteiger partial charge >= 0.3 is 6.18 Å². The van der Waals surface area contributed by atoms with Crippen molar-refractivity contribution < 1.29 is 36.5 Å². The second-order valence-electron chi connectivity index (χ2n) is 8.02. The largest absolute Gasteiger partial charge is 0.616 e. The summed E-state index contributed by atoms with van der Waals surface area (Å²) in [4.78, 5) is 26.0. The van der Waals surface area contributed by atoms with Crippen molar-refractivity contribution in [1.82, 2.24) is 0 Å². The zero-order valence-electron chi connectivity index (χ0n) is 16.9. The van der Waals surface area contributed by atoms with Gasteiger partial charge in [-0.25, -0.2) is 0 Å². The number of quaternary nitrogens is 1. The van der Waals surface area contributed by atoms with E-state index in [1.807, 2.05) is 0 Å². The van der Waals surface area contributed by atoms with E-state index >= 15 is 0 Å². The van der Waals surface area contributed by atoms with Crippen molar-refractivity contribution in [2.45, 2.75) is 44.4 Å². The zero-order valence-corrected chi connectivity index (χ0v) is 17.7. The van der Waals surface area contributed by atoms with Gasteiger partial charge in [0.05, 0.1) is 13.5 Å². The Balaban J connectivity index is 1.87. The van der Waals surface area contributed by atoms with Gasteiger partial charge < -0.3 is 9.29 Å². The summed E-state index contributed by atoms with van der Waals surface area (Å²) in [5, 5.41) is 0. The molecular weight excluding hydrogens is 419 g/mol. The maximum Gasteiger partial charge on any atom is 0.422 e. The molecular formula is C21H25F3NO4S+. The van der Waals surface area contributed by atoms with E-state index in [-0.39, 0.29) is 28.5 Å².